The van der Waals surface area contributed by atoms with Gasteiger partial charge in [0, 0.05) is 31.2 Å². The van der Waals surface area contributed by atoms with E-state index in [1.165, 1.54) is 28.3 Å². The Bertz CT molecular complexity index is 1040. The summed E-state index contributed by atoms with van der Waals surface area (Å²) in [5.74, 6) is 0. The number of benzene rings is 2. The molecule has 1 aliphatic rings. The van der Waals surface area contributed by atoms with Gasteiger partial charge >= 0.3 is 0 Å². The topological polar surface area (TPSA) is 67.2 Å². The van der Waals surface area contributed by atoms with Crippen molar-refractivity contribution < 1.29 is 8.42 Å². The number of hydrogen-bond acceptors (Lipinski definition) is 4. The second kappa shape index (κ2) is 6.49. The summed E-state index contributed by atoms with van der Waals surface area (Å²) in [7, 11) is -1.96. The number of nitrogens with zero attached hydrogens (tertiary/aromatic N) is 3. The summed E-state index contributed by atoms with van der Waals surface area (Å²) in [5, 5.41) is 3.93. The average molecular weight is 368 g/mol. The predicted octanol–water partition coefficient (Wildman–Crippen LogP) is 3.31. The number of anilines is 3. The predicted molar refractivity (Wildman–Crippen MR) is 102 cm³/mol. The Labute approximate surface area is 153 Å². The third-order valence-corrected chi connectivity index (χ3v) is 5.85. The Morgan fingerprint density at radius 3 is 2.77 bits per heavy atom. The van der Waals surface area contributed by atoms with Crippen molar-refractivity contribution in [1.82, 2.24) is 9.78 Å². The summed E-state index contributed by atoms with van der Waals surface area (Å²) in [6, 6.07) is 15.9. The van der Waals surface area contributed by atoms with Crippen LogP contribution in [0, 0.1) is 0 Å². The highest BCUT2D eigenvalue weighted by atomic mass is 32.2. The molecular weight excluding hydrogens is 348 g/mol. The zero-order valence-electron chi connectivity index (χ0n) is 14.5. The molecule has 0 saturated carbocycles. The summed E-state index contributed by atoms with van der Waals surface area (Å²) in [6.07, 6.45) is 4.96. The highest BCUT2D eigenvalue weighted by Gasteiger charge is 2.20. The van der Waals surface area contributed by atoms with Gasteiger partial charge in [-0.25, -0.2) is 8.42 Å². The van der Waals surface area contributed by atoms with E-state index in [-0.39, 0.29) is 4.90 Å². The Balaban J connectivity index is 1.64. The Morgan fingerprint density at radius 2 is 1.96 bits per heavy atom. The Morgan fingerprint density at radius 1 is 1.12 bits per heavy atom. The molecule has 0 saturated heterocycles. The molecule has 0 aliphatic carbocycles. The van der Waals surface area contributed by atoms with Crippen LogP contribution in [-0.2, 0) is 23.5 Å². The molecule has 0 atom stereocenters. The molecule has 1 aromatic heterocycles. The zero-order chi connectivity index (χ0) is 18.1. The monoisotopic (exact) mass is 368 g/mol. The minimum atomic E-state index is -3.65. The van der Waals surface area contributed by atoms with Crippen LogP contribution in [0.25, 0.3) is 0 Å². The van der Waals surface area contributed by atoms with Crippen molar-refractivity contribution >= 4 is 27.1 Å². The normalized spacial score (nSPS) is 14.1. The van der Waals surface area contributed by atoms with Gasteiger partial charge in [0.05, 0.1) is 11.9 Å². The third kappa shape index (κ3) is 3.17. The Hall–Kier alpha value is -2.80. The van der Waals surface area contributed by atoms with E-state index < -0.39 is 10.0 Å². The number of hydrogen-bond donors (Lipinski definition) is 1. The third-order valence-electron chi connectivity index (χ3n) is 4.51. The smallest absolute Gasteiger partial charge is 0.265 e. The van der Waals surface area contributed by atoms with E-state index >= 15 is 0 Å². The maximum atomic E-state index is 12.5. The molecule has 2 aromatic carbocycles. The summed E-state index contributed by atoms with van der Waals surface area (Å²) < 4.78 is 29.2. The number of fused-ring (bicyclic) bond motifs is 1. The fraction of sp³-hybridized carbons (Fsp3) is 0.211. The molecule has 0 spiro atoms. The lowest BCUT2D eigenvalue weighted by molar-refractivity contribution is 0.601. The number of aryl methyl sites for hydroxylation is 2. The number of rotatable bonds is 4. The molecule has 0 unspecified atom stereocenters. The number of sulfonamides is 1. The molecule has 26 heavy (non-hydrogen) atoms. The van der Waals surface area contributed by atoms with Gasteiger partial charge < -0.3 is 4.90 Å². The van der Waals surface area contributed by atoms with Crippen LogP contribution in [-0.4, -0.2) is 24.7 Å². The average Bonchev–Trinajstić information content (AvgIpc) is 3.08. The first-order chi connectivity index (χ1) is 12.5. The quantitative estimate of drug-likeness (QED) is 0.767. The molecular formula is C19H20N4O2S. The van der Waals surface area contributed by atoms with Crippen LogP contribution >= 0.6 is 0 Å². The van der Waals surface area contributed by atoms with Crippen LogP contribution in [0.2, 0.25) is 0 Å². The summed E-state index contributed by atoms with van der Waals surface area (Å²) in [6.45, 7) is 0.913. The summed E-state index contributed by atoms with van der Waals surface area (Å²) in [5.41, 5.74) is 4.02. The molecule has 134 valence electrons. The van der Waals surface area contributed by atoms with Gasteiger partial charge in [-0.1, -0.05) is 24.3 Å². The lowest BCUT2D eigenvalue weighted by Gasteiger charge is -2.31. The lowest BCUT2D eigenvalue weighted by Crippen LogP contribution is -2.24. The lowest BCUT2D eigenvalue weighted by atomic mass is 10.0. The fourth-order valence-electron chi connectivity index (χ4n) is 3.29. The molecule has 0 radical (unpaired) electrons. The number of nitrogens with one attached hydrogen (secondary N) is 1. The van der Waals surface area contributed by atoms with Crippen LogP contribution in [0.5, 0.6) is 0 Å². The largest absolute Gasteiger partial charge is 0.341 e. The minimum absolute atomic E-state index is 0.147. The molecule has 1 aliphatic heterocycles. The van der Waals surface area contributed by atoms with Crippen molar-refractivity contribution in [3.63, 3.8) is 0 Å². The molecule has 0 bridgehead atoms. The van der Waals surface area contributed by atoms with E-state index in [4.69, 9.17) is 0 Å². The summed E-state index contributed by atoms with van der Waals surface area (Å²) in [4.78, 5) is 2.38. The highest BCUT2D eigenvalue weighted by Crippen LogP contribution is 2.34. The van der Waals surface area contributed by atoms with Gasteiger partial charge in [0.15, 0.2) is 0 Å². The molecule has 2 heterocycles. The highest BCUT2D eigenvalue weighted by molar-refractivity contribution is 7.92. The van der Waals surface area contributed by atoms with Crippen molar-refractivity contribution in [3.05, 3.63) is 66.5 Å². The molecule has 1 N–H and O–H groups in total. The first kappa shape index (κ1) is 16.7. The van der Waals surface area contributed by atoms with E-state index in [1.54, 1.807) is 13.1 Å². The standard InChI is InChI=1S/C19H20N4O2S/c1-22-14-18(13-20-22)26(24,25)21-16-8-4-9-17(12-16)23-11-5-7-15-6-2-3-10-19(15)23/h2-4,6,8-10,12-14,21H,5,7,11H2,1H3. The van der Waals surface area contributed by atoms with Gasteiger partial charge in [-0.05, 0) is 42.7 Å². The van der Waals surface area contributed by atoms with Crippen LogP contribution < -0.4 is 9.62 Å². The van der Waals surface area contributed by atoms with Crippen LogP contribution in [0.15, 0.2) is 65.8 Å². The molecule has 7 heteroatoms. The van der Waals surface area contributed by atoms with E-state index in [2.05, 4.69) is 32.9 Å². The van der Waals surface area contributed by atoms with Gasteiger partial charge in [-0.3, -0.25) is 9.40 Å². The SMILES string of the molecule is Cn1cc(S(=O)(=O)Nc2cccc(N3CCCc4ccccc43)c2)cn1. The van der Waals surface area contributed by atoms with Crippen molar-refractivity contribution in [1.29, 1.82) is 0 Å². The van der Waals surface area contributed by atoms with E-state index in [9.17, 15) is 8.42 Å². The molecule has 0 amide bonds. The van der Waals surface area contributed by atoms with E-state index in [0.717, 1.165) is 25.1 Å². The fourth-order valence-corrected chi connectivity index (χ4v) is 4.32. The van der Waals surface area contributed by atoms with Crippen molar-refractivity contribution in [2.24, 2.45) is 7.05 Å². The molecule has 4 rings (SSSR count). The molecule has 3 aromatic rings. The molecule has 6 nitrogen and oxygen atoms in total. The first-order valence-corrected chi connectivity index (χ1v) is 9.98. The maximum absolute atomic E-state index is 12.5. The van der Waals surface area contributed by atoms with Gasteiger partial charge in [0.1, 0.15) is 4.90 Å². The second-order valence-electron chi connectivity index (χ2n) is 6.39. The van der Waals surface area contributed by atoms with Crippen molar-refractivity contribution in [2.75, 3.05) is 16.2 Å². The summed E-state index contributed by atoms with van der Waals surface area (Å²) >= 11 is 0. The van der Waals surface area contributed by atoms with Crippen LogP contribution in [0.3, 0.4) is 0 Å². The van der Waals surface area contributed by atoms with Gasteiger partial charge in [0.2, 0.25) is 0 Å². The van der Waals surface area contributed by atoms with Crippen LogP contribution in [0.1, 0.15) is 12.0 Å². The van der Waals surface area contributed by atoms with Crippen molar-refractivity contribution in [2.45, 2.75) is 17.7 Å². The van der Waals surface area contributed by atoms with Crippen molar-refractivity contribution in [3.8, 4) is 0 Å². The number of para-hydroxylation sites is 1. The van der Waals surface area contributed by atoms with Gasteiger partial charge in [-0.15, -0.1) is 0 Å². The first-order valence-electron chi connectivity index (χ1n) is 8.50. The van der Waals surface area contributed by atoms with Gasteiger partial charge in [0.25, 0.3) is 10.0 Å². The van der Waals surface area contributed by atoms with Gasteiger partial charge in [-0.2, -0.15) is 5.10 Å². The molecule has 0 fully saturated rings. The maximum Gasteiger partial charge on any atom is 0.265 e. The van der Waals surface area contributed by atoms with E-state index in [0.29, 0.717) is 5.69 Å². The zero-order valence-corrected chi connectivity index (χ0v) is 15.3. The van der Waals surface area contributed by atoms with E-state index in [1.807, 2.05) is 24.3 Å². The number of aromatic nitrogens is 2. The minimum Gasteiger partial charge on any atom is -0.341 e. The Kier molecular flexibility index (Phi) is 4.16. The second-order valence-corrected chi connectivity index (χ2v) is 8.07. The van der Waals surface area contributed by atoms with Crippen LogP contribution in [0.4, 0.5) is 17.1 Å².